The van der Waals surface area contributed by atoms with Crippen LogP contribution in [-0.4, -0.2) is 43.8 Å². The molecule has 3 aromatic carbocycles. The Morgan fingerprint density at radius 1 is 0.930 bits per heavy atom. The van der Waals surface area contributed by atoms with Crippen molar-refractivity contribution in [2.45, 2.75) is 89.7 Å². The molecule has 230 valence electrons. The predicted octanol–water partition coefficient (Wildman–Crippen LogP) is 6.72. The smallest absolute Gasteiger partial charge is 0.264 e. The van der Waals surface area contributed by atoms with Crippen molar-refractivity contribution in [2.75, 3.05) is 10.8 Å². The number of benzene rings is 3. The molecule has 4 rings (SSSR count). The molecule has 0 bridgehead atoms. The third-order valence-corrected chi connectivity index (χ3v) is 10.3. The number of aryl methyl sites for hydroxylation is 3. The van der Waals surface area contributed by atoms with Crippen LogP contribution in [0.2, 0.25) is 5.02 Å². The summed E-state index contributed by atoms with van der Waals surface area (Å²) in [5.41, 5.74) is 3.61. The third-order valence-electron chi connectivity index (χ3n) is 8.16. The monoisotopic (exact) mass is 623 g/mol. The van der Waals surface area contributed by atoms with E-state index in [1.807, 2.05) is 58.0 Å². The van der Waals surface area contributed by atoms with Crippen LogP contribution >= 0.6 is 11.6 Å². The highest BCUT2D eigenvalue weighted by Gasteiger charge is 2.35. The van der Waals surface area contributed by atoms with Crippen molar-refractivity contribution >= 4 is 39.1 Å². The first-order valence-electron chi connectivity index (χ1n) is 15.0. The number of anilines is 1. The Morgan fingerprint density at radius 2 is 1.58 bits per heavy atom. The number of rotatable bonds is 11. The molecular formula is C34H42ClN3O4S. The van der Waals surface area contributed by atoms with Gasteiger partial charge in [0.25, 0.3) is 10.0 Å². The molecule has 9 heteroatoms. The molecule has 0 aromatic heterocycles. The van der Waals surface area contributed by atoms with Gasteiger partial charge in [-0.3, -0.25) is 13.9 Å². The number of hydrogen-bond donors (Lipinski definition) is 1. The minimum Gasteiger partial charge on any atom is -0.352 e. The molecule has 1 aliphatic rings. The number of carbonyl (C=O) groups excluding carboxylic acids is 2. The molecule has 0 spiro atoms. The van der Waals surface area contributed by atoms with E-state index in [1.54, 1.807) is 36.4 Å². The van der Waals surface area contributed by atoms with Crippen LogP contribution in [0.15, 0.2) is 71.6 Å². The number of carbonyl (C=O) groups is 2. The molecule has 1 fully saturated rings. The first-order valence-corrected chi connectivity index (χ1v) is 16.8. The number of amides is 2. The number of nitrogens with zero attached hydrogens (tertiary/aromatic N) is 2. The maximum absolute atomic E-state index is 14.4. The summed E-state index contributed by atoms with van der Waals surface area (Å²) < 4.78 is 29.5. The van der Waals surface area contributed by atoms with Crippen molar-refractivity contribution in [1.29, 1.82) is 0 Å². The zero-order valence-electron chi connectivity index (χ0n) is 25.5. The van der Waals surface area contributed by atoms with Crippen molar-refractivity contribution in [1.82, 2.24) is 10.2 Å². The number of sulfonamides is 1. The quantitative estimate of drug-likeness (QED) is 0.257. The molecule has 2 amide bonds. The normalized spacial score (nSPS) is 14.6. The summed E-state index contributed by atoms with van der Waals surface area (Å²) in [4.78, 5) is 29.6. The van der Waals surface area contributed by atoms with Crippen LogP contribution in [0.25, 0.3) is 0 Å². The molecule has 0 radical (unpaired) electrons. The lowest BCUT2D eigenvalue weighted by molar-refractivity contribution is -0.140. The molecule has 43 heavy (non-hydrogen) atoms. The Labute approximate surface area is 261 Å². The summed E-state index contributed by atoms with van der Waals surface area (Å²) in [5, 5.41) is 3.64. The van der Waals surface area contributed by atoms with E-state index in [0.29, 0.717) is 28.3 Å². The van der Waals surface area contributed by atoms with E-state index < -0.39 is 28.5 Å². The van der Waals surface area contributed by atoms with Gasteiger partial charge in [0.2, 0.25) is 11.8 Å². The summed E-state index contributed by atoms with van der Waals surface area (Å²) in [7, 11) is -4.14. The van der Waals surface area contributed by atoms with Crippen molar-refractivity contribution < 1.29 is 18.0 Å². The Kier molecular flexibility index (Phi) is 10.9. The van der Waals surface area contributed by atoms with Crippen LogP contribution in [0.3, 0.4) is 0 Å². The molecule has 1 aliphatic carbocycles. The largest absolute Gasteiger partial charge is 0.352 e. The SMILES string of the molecule is CC[C@H](C(=O)NC1CCCCC1)N(Cc1ccccc1Cl)C(=O)CN(c1cc(C)ccc1C)S(=O)(=O)c1ccc(C)cc1. The molecule has 1 N–H and O–H groups in total. The van der Waals surface area contributed by atoms with Crippen molar-refractivity contribution in [3.63, 3.8) is 0 Å². The highest BCUT2D eigenvalue weighted by Crippen LogP contribution is 2.29. The van der Waals surface area contributed by atoms with Crippen molar-refractivity contribution in [3.8, 4) is 0 Å². The maximum Gasteiger partial charge on any atom is 0.264 e. The van der Waals surface area contributed by atoms with Crippen LogP contribution in [0, 0.1) is 20.8 Å². The fourth-order valence-electron chi connectivity index (χ4n) is 5.61. The van der Waals surface area contributed by atoms with Gasteiger partial charge in [-0.15, -0.1) is 0 Å². The molecule has 3 aromatic rings. The van der Waals surface area contributed by atoms with Gasteiger partial charge in [-0.1, -0.05) is 85.8 Å². The zero-order chi connectivity index (χ0) is 31.1. The molecule has 7 nitrogen and oxygen atoms in total. The molecule has 0 heterocycles. The van der Waals surface area contributed by atoms with E-state index in [2.05, 4.69) is 5.32 Å². The van der Waals surface area contributed by atoms with Crippen molar-refractivity contribution in [2.24, 2.45) is 0 Å². The van der Waals surface area contributed by atoms with Crippen LogP contribution in [0.4, 0.5) is 5.69 Å². The molecule has 1 saturated carbocycles. The zero-order valence-corrected chi connectivity index (χ0v) is 27.0. The van der Waals surface area contributed by atoms with Gasteiger partial charge in [0.15, 0.2) is 0 Å². The van der Waals surface area contributed by atoms with Crippen LogP contribution in [0.1, 0.15) is 67.7 Å². The standard InChI is InChI=1S/C34H42ClN3O4S/c1-5-31(34(40)36-28-12-7-6-8-13-28)37(22-27-11-9-10-14-30(27)35)33(39)23-38(32-21-25(3)15-18-26(32)4)43(41,42)29-19-16-24(2)17-20-29/h9-11,14-21,28,31H,5-8,12-13,22-23H2,1-4H3,(H,36,40)/t31-/m1/s1. The first kappa shape index (κ1) is 32.6. The maximum atomic E-state index is 14.4. The minimum atomic E-state index is -4.14. The van der Waals surface area contributed by atoms with Gasteiger partial charge < -0.3 is 10.2 Å². The van der Waals surface area contributed by atoms with Gasteiger partial charge in [0.1, 0.15) is 12.6 Å². The Bertz CT molecular complexity index is 1540. The fraction of sp³-hybridized carbons (Fsp3) is 0.412. The van der Waals surface area contributed by atoms with E-state index in [1.165, 1.54) is 9.21 Å². The molecule has 0 unspecified atom stereocenters. The Hall–Kier alpha value is -3.36. The van der Waals surface area contributed by atoms with E-state index >= 15 is 0 Å². The average Bonchev–Trinajstić information content (AvgIpc) is 2.98. The first-order chi connectivity index (χ1) is 20.5. The lowest BCUT2D eigenvalue weighted by Crippen LogP contribution is -2.54. The van der Waals surface area contributed by atoms with Crippen molar-refractivity contribution in [3.05, 3.63) is 94.0 Å². The minimum absolute atomic E-state index is 0.0698. The summed E-state index contributed by atoms with van der Waals surface area (Å²) >= 11 is 6.52. The predicted molar refractivity (Wildman–Crippen MR) is 173 cm³/mol. The highest BCUT2D eigenvalue weighted by molar-refractivity contribution is 7.92. The second kappa shape index (κ2) is 14.4. The molecule has 0 aliphatic heterocycles. The van der Waals surface area contributed by atoms with E-state index in [0.717, 1.165) is 43.2 Å². The lowest BCUT2D eigenvalue weighted by Gasteiger charge is -2.35. The van der Waals surface area contributed by atoms with Gasteiger partial charge >= 0.3 is 0 Å². The summed E-state index contributed by atoms with van der Waals surface area (Å²) in [6.07, 6.45) is 5.47. The summed E-state index contributed by atoms with van der Waals surface area (Å²) in [6, 6.07) is 18.6. The highest BCUT2D eigenvalue weighted by atomic mass is 35.5. The second-order valence-electron chi connectivity index (χ2n) is 11.5. The van der Waals surface area contributed by atoms with Gasteiger partial charge in [-0.05, 0) is 81.0 Å². The van der Waals surface area contributed by atoms with E-state index in [9.17, 15) is 18.0 Å². The number of hydrogen-bond acceptors (Lipinski definition) is 4. The second-order valence-corrected chi connectivity index (χ2v) is 13.8. The molecule has 1 atom stereocenters. The summed E-state index contributed by atoms with van der Waals surface area (Å²) in [5.74, 6) is -0.711. The van der Waals surface area contributed by atoms with Crippen LogP contribution < -0.4 is 9.62 Å². The van der Waals surface area contributed by atoms with Gasteiger partial charge in [0, 0.05) is 17.6 Å². The van der Waals surface area contributed by atoms with Crippen LogP contribution in [-0.2, 0) is 26.2 Å². The van der Waals surface area contributed by atoms with Gasteiger partial charge in [-0.25, -0.2) is 8.42 Å². The summed E-state index contributed by atoms with van der Waals surface area (Å²) in [6.45, 7) is 7.05. The topological polar surface area (TPSA) is 86.8 Å². The van der Waals surface area contributed by atoms with E-state index in [4.69, 9.17) is 11.6 Å². The third kappa shape index (κ3) is 7.98. The van der Waals surface area contributed by atoms with Gasteiger partial charge in [0.05, 0.1) is 10.6 Å². The number of halogens is 1. The Morgan fingerprint density at radius 3 is 2.23 bits per heavy atom. The number of nitrogens with one attached hydrogen (secondary N) is 1. The van der Waals surface area contributed by atoms with E-state index in [-0.39, 0.29) is 23.4 Å². The average molecular weight is 624 g/mol. The van der Waals surface area contributed by atoms with Gasteiger partial charge in [-0.2, -0.15) is 0 Å². The fourth-order valence-corrected chi connectivity index (χ4v) is 7.28. The molecule has 0 saturated heterocycles. The van der Waals surface area contributed by atoms with Crippen LogP contribution in [0.5, 0.6) is 0 Å². The molecular weight excluding hydrogens is 582 g/mol. The Balaban J connectivity index is 1.74. The lowest BCUT2D eigenvalue weighted by atomic mass is 9.95.